The maximum atomic E-state index is 9.78. The maximum absolute atomic E-state index is 9.78. The zero-order chi connectivity index (χ0) is 14.0. The zero-order valence-corrected chi connectivity index (χ0v) is 11.4. The smallest absolute Gasteiger partial charge is 0.142 e. The van der Waals surface area contributed by atoms with Gasteiger partial charge in [-0.05, 0) is 24.0 Å². The van der Waals surface area contributed by atoms with Crippen LogP contribution in [0.15, 0.2) is 65.8 Å². The van der Waals surface area contributed by atoms with Gasteiger partial charge in [0.15, 0.2) is 0 Å². The first kappa shape index (κ1) is 14.3. The Labute approximate surface area is 119 Å². The van der Waals surface area contributed by atoms with Crippen LogP contribution in [0.25, 0.3) is 0 Å². The van der Waals surface area contributed by atoms with Gasteiger partial charge in [0.1, 0.15) is 6.61 Å². The number of hydrogen-bond acceptors (Lipinski definition) is 3. The second kappa shape index (κ2) is 8.12. The average Bonchev–Trinajstić information content (AvgIpc) is 2.52. The molecule has 0 fully saturated rings. The highest BCUT2D eigenvalue weighted by atomic mass is 16.6. The van der Waals surface area contributed by atoms with Crippen LogP contribution in [-0.4, -0.2) is 17.4 Å². The molecule has 0 saturated heterocycles. The maximum Gasteiger partial charge on any atom is 0.142 e. The molecule has 0 amide bonds. The molecular weight excluding hydrogens is 250 g/mol. The fraction of sp³-hybridized carbons (Fsp3) is 0.235. The molecule has 0 bridgehead atoms. The molecule has 0 radical (unpaired) electrons. The van der Waals surface area contributed by atoms with Gasteiger partial charge in [0.05, 0.1) is 12.3 Å². The van der Waals surface area contributed by atoms with E-state index in [2.05, 4.69) is 17.3 Å². The largest absolute Gasteiger partial charge is 0.391 e. The van der Waals surface area contributed by atoms with Gasteiger partial charge in [-0.2, -0.15) is 0 Å². The molecular formula is C17H19NO2. The normalized spacial score (nSPS) is 12.4. The molecule has 0 heterocycles. The zero-order valence-electron chi connectivity index (χ0n) is 11.4. The highest BCUT2D eigenvalue weighted by molar-refractivity contribution is 5.61. The molecule has 1 atom stereocenters. The van der Waals surface area contributed by atoms with Gasteiger partial charge in [0.25, 0.3) is 0 Å². The van der Waals surface area contributed by atoms with E-state index in [-0.39, 0.29) is 0 Å². The summed E-state index contributed by atoms with van der Waals surface area (Å²) in [6, 6.07) is 19.9. The average molecular weight is 269 g/mol. The van der Waals surface area contributed by atoms with Gasteiger partial charge in [-0.1, -0.05) is 65.8 Å². The minimum absolute atomic E-state index is 0.419. The van der Waals surface area contributed by atoms with E-state index in [1.54, 1.807) is 0 Å². The minimum atomic E-state index is -0.578. The molecule has 3 heteroatoms. The van der Waals surface area contributed by atoms with Crippen molar-refractivity contribution in [3.05, 3.63) is 71.8 Å². The monoisotopic (exact) mass is 269 g/mol. The molecule has 2 aromatic rings. The van der Waals surface area contributed by atoms with Gasteiger partial charge in [0, 0.05) is 0 Å². The number of aliphatic hydroxyl groups excluding tert-OH is 1. The van der Waals surface area contributed by atoms with Crippen molar-refractivity contribution in [1.29, 1.82) is 0 Å². The molecule has 0 aliphatic heterocycles. The number of aliphatic hydroxyl groups is 1. The van der Waals surface area contributed by atoms with Crippen LogP contribution in [0, 0.1) is 0 Å². The lowest BCUT2D eigenvalue weighted by atomic mass is 10.1. The molecule has 2 aromatic carbocycles. The van der Waals surface area contributed by atoms with Crippen molar-refractivity contribution >= 4 is 6.21 Å². The summed E-state index contributed by atoms with van der Waals surface area (Å²) in [5.74, 6) is 0. The van der Waals surface area contributed by atoms with Crippen LogP contribution >= 0.6 is 0 Å². The number of oxime groups is 1. The SMILES string of the molecule is OC(/C=N/OCc1ccccc1)CCc1ccccc1. The summed E-state index contributed by atoms with van der Waals surface area (Å²) >= 11 is 0. The molecule has 3 nitrogen and oxygen atoms in total. The van der Waals surface area contributed by atoms with Crippen molar-refractivity contribution in [2.45, 2.75) is 25.6 Å². The summed E-state index contributed by atoms with van der Waals surface area (Å²) in [5, 5.41) is 13.6. The third-order valence-corrected chi connectivity index (χ3v) is 2.95. The van der Waals surface area contributed by atoms with Gasteiger partial charge in [0.2, 0.25) is 0 Å². The number of nitrogens with zero attached hydrogens (tertiary/aromatic N) is 1. The standard InChI is InChI=1S/C17H19NO2/c19-17(12-11-15-7-3-1-4-8-15)13-18-20-14-16-9-5-2-6-10-16/h1-10,13,17,19H,11-12,14H2/b18-13+. The molecule has 0 aliphatic carbocycles. The first-order valence-corrected chi connectivity index (χ1v) is 6.76. The molecule has 104 valence electrons. The van der Waals surface area contributed by atoms with Crippen LogP contribution in [-0.2, 0) is 17.9 Å². The number of benzene rings is 2. The summed E-state index contributed by atoms with van der Waals surface area (Å²) in [6.45, 7) is 0.419. The van der Waals surface area contributed by atoms with E-state index in [4.69, 9.17) is 4.84 Å². The van der Waals surface area contributed by atoms with Crippen molar-refractivity contribution in [1.82, 2.24) is 0 Å². The summed E-state index contributed by atoms with van der Waals surface area (Å²) in [4.78, 5) is 5.15. The van der Waals surface area contributed by atoms with E-state index in [1.165, 1.54) is 11.8 Å². The van der Waals surface area contributed by atoms with E-state index < -0.39 is 6.10 Å². The summed E-state index contributed by atoms with van der Waals surface area (Å²) in [5.41, 5.74) is 2.27. The lowest BCUT2D eigenvalue weighted by molar-refractivity contribution is 0.126. The minimum Gasteiger partial charge on any atom is -0.391 e. The number of rotatable bonds is 7. The van der Waals surface area contributed by atoms with Crippen LogP contribution in [0.4, 0.5) is 0 Å². The second-order valence-corrected chi connectivity index (χ2v) is 4.61. The molecule has 0 aliphatic rings. The lowest BCUT2D eigenvalue weighted by Crippen LogP contribution is -2.09. The summed E-state index contributed by atoms with van der Waals surface area (Å²) in [7, 11) is 0. The molecule has 2 rings (SSSR count). The van der Waals surface area contributed by atoms with Gasteiger partial charge >= 0.3 is 0 Å². The Morgan fingerprint density at radius 2 is 1.55 bits per heavy atom. The Morgan fingerprint density at radius 3 is 2.20 bits per heavy atom. The van der Waals surface area contributed by atoms with E-state index in [9.17, 15) is 5.11 Å². The van der Waals surface area contributed by atoms with E-state index in [0.717, 1.165) is 12.0 Å². The molecule has 0 spiro atoms. The van der Waals surface area contributed by atoms with Crippen molar-refractivity contribution < 1.29 is 9.94 Å². The van der Waals surface area contributed by atoms with Crippen LogP contribution in [0.2, 0.25) is 0 Å². The quantitative estimate of drug-likeness (QED) is 0.619. The van der Waals surface area contributed by atoms with Crippen molar-refractivity contribution in [2.75, 3.05) is 0 Å². The Balaban J connectivity index is 1.66. The molecule has 1 N–H and O–H groups in total. The van der Waals surface area contributed by atoms with Crippen molar-refractivity contribution in [3.63, 3.8) is 0 Å². The summed E-state index contributed by atoms with van der Waals surface area (Å²) < 4.78 is 0. The van der Waals surface area contributed by atoms with Gasteiger partial charge in [-0.25, -0.2) is 0 Å². The number of hydrogen-bond donors (Lipinski definition) is 1. The Morgan fingerprint density at radius 1 is 0.950 bits per heavy atom. The Bertz CT molecular complexity index is 511. The predicted octanol–water partition coefficient (Wildman–Crippen LogP) is 3.18. The van der Waals surface area contributed by atoms with Crippen molar-refractivity contribution in [2.24, 2.45) is 5.16 Å². The topological polar surface area (TPSA) is 41.8 Å². The van der Waals surface area contributed by atoms with Gasteiger partial charge in [-0.3, -0.25) is 0 Å². The molecule has 20 heavy (non-hydrogen) atoms. The predicted molar refractivity (Wildman–Crippen MR) is 80.5 cm³/mol. The number of aryl methyl sites for hydroxylation is 1. The van der Waals surface area contributed by atoms with Gasteiger partial charge < -0.3 is 9.94 Å². The molecule has 0 aromatic heterocycles. The van der Waals surface area contributed by atoms with Gasteiger partial charge in [-0.15, -0.1) is 0 Å². The first-order chi connectivity index (χ1) is 9.84. The Hall–Kier alpha value is -2.13. The van der Waals surface area contributed by atoms with Crippen LogP contribution in [0.1, 0.15) is 17.5 Å². The van der Waals surface area contributed by atoms with E-state index in [0.29, 0.717) is 13.0 Å². The summed E-state index contributed by atoms with van der Waals surface area (Å²) in [6.07, 6.45) is 2.34. The van der Waals surface area contributed by atoms with Crippen LogP contribution in [0.5, 0.6) is 0 Å². The molecule has 0 saturated carbocycles. The fourth-order valence-electron chi connectivity index (χ4n) is 1.83. The molecule has 1 unspecified atom stereocenters. The third-order valence-electron chi connectivity index (χ3n) is 2.95. The van der Waals surface area contributed by atoms with E-state index >= 15 is 0 Å². The third kappa shape index (κ3) is 5.24. The highest BCUT2D eigenvalue weighted by Crippen LogP contribution is 2.04. The van der Waals surface area contributed by atoms with E-state index in [1.807, 2.05) is 48.5 Å². The van der Waals surface area contributed by atoms with Crippen molar-refractivity contribution in [3.8, 4) is 0 Å². The lowest BCUT2D eigenvalue weighted by Gasteiger charge is -2.05. The second-order valence-electron chi connectivity index (χ2n) is 4.61. The van der Waals surface area contributed by atoms with Crippen LogP contribution < -0.4 is 0 Å². The van der Waals surface area contributed by atoms with Crippen LogP contribution in [0.3, 0.4) is 0 Å². The first-order valence-electron chi connectivity index (χ1n) is 6.76. The highest BCUT2D eigenvalue weighted by Gasteiger charge is 2.01. The fourth-order valence-corrected chi connectivity index (χ4v) is 1.83. The Kier molecular flexibility index (Phi) is 5.80.